The molecule has 204 valence electrons. The van der Waals surface area contributed by atoms with Crippen LogP contribution in [-0.4, -0.2) is 90.2 Å². The highest BCUT2D eigenvalue weighted by atomic mass is 32.2. The minimum atomic E-state index is -3.56. The van der Waals surface area contributed by atoms with E-state index in [0.717, 1.165) is 0 Å². The molecule has 3 fully saturated rings. The van der Waals surface area contributed by atoms with Gasteiger partial charge < -0.3 is 19.3 Å². The molecular formula is C27H34N4O6S. The lowest BCUT2D eigenvalue weighted by Gasteiger charge is -2.37. The molecule has 11 heteroatoms. The van der Waals surface area contributed by atoms with Crippen molar-refractivity contribution in [2.75, 3.05) is 72.9 Å². The average molecular weight is 543 g/mol. The van der Waals surface area contributed by atoms with Crippen LogP contribution in [0.4, 0.5) is 21.9 Å². The largest absolute Gasteiger partial charge is 0.447 e. The summed E-state index contributed by atoms with van der Waals surface area (Å²) < 4.78 is 37.6. The van der Waals surface area contributed by atoms with E-state index >= 15 is 0 Å². The second-order valence-corrected chi connectivity index (χ2v) is 12.1. The Labute approximate surface area is 223 Å². The van der Waals surface area contributed by atoms with Crippen LogP contribution in [0, 0.1) is 13.8 Å². The van der Waals surface area contributed by atoms with Gasteiger partial charge in [-0.1, -0.05) is 17.7 Å². The number of carbonyl (C=O) groups excluding carboxylic acids is 2. The van der Waals surface area contributed by atoms with Gasteiger partial charge in [-0.15, -0.1) is 0 Å². The zero-order valence-electron chi connectivity index (χ0n) is 22.1. The van der Waals surface area contributed by atoms with Crippen LogP contribution in [0.5, 0.6) is 0 Å². The second-order valence-electron chi connectivity index (χ2n) is 10.1. The van der Waals surface area contributed by atoms with Crippen molar-refractivity contribution in [1.82, 2.24) is 4.90 Å². The van der Waals surface area contributed by atoms with E-state index in [9.17, 15) is 18.0 Å². The van der Waals surface area contributed by atoms with Gasteiger partial charge >= 0.3 is 6.09 Å². The molecule has 0 aliphatic carbocycles. The number of piperazine rings is 1. The van der Waals surface area contributed by atoms with Crippen LogP contribution in [0.3, 0.4) is 0 Å². The van der Waals surface area contributed by atoms with E-state index in [-0.39, 0.29) is 30.9 Å². The number of aryl methyl sites for hydroxylation is 2. The van der Waals surface area contributed by atoms with E-state index in [0.29, 0.717) is 56.1 Å². The smallest absolute Gasteiger partial charge is 0.414 e. The molecule has 3 heterocycles. The number of amides is 2. The molecule has 10 nitrogen and oxygen atoms in total. The predicted molar refractivity (Wildman–Crippen MR) is 146 cm³/mol. The summed E-state index contributed by atoms with van der Waals surface area (Å²) in [5, 5.41) is 0. The molecule has 2 aromatic carbocycles. The maximum absolute atomic E-state index is 13.8. The highest BCUT2D eigenvalue weighted by molar-refractivity contribution is 7.93. The highest BCUT2D eigenvalue weighted by Gasteiger charge is 2.37. The van der Waals surface area contributed by atoms with Crippen LogP contribution in [0.25, 0.3) is 0 Å². The molecule has 2 aromatic rings. The Morgan fingerprint density at radius 2 is 1.79 bits per heavy atom. The summed E-state index contributed by atoms with van der Waals surface area (Å²) in [5.74, 6) is -0.191. The van der Waals surface area contributed by atoms with Crippen molar-refractivity contribution in [2.24, 2.45) is 0 Å². The van der Waals surface area contributed by atoms with E-state index in [2.05, 4.69) is 36.9 Å². The minimum absolute atomic E-state index is 0.0253. The standard InChI is InChI=1S/C27H34N4O6S/c1-19-5-8-24(20(2)15-19)28-10-12-29(13-11-28)26(32)23-7-6-21(31-22(17-36-3)18-37-27(31)33)16-25(23)30-9-4-14-38(30,34)35/h5-8,15-16,22H,4,9-14,17-18H2,1-3H3/t22-/m1/s1. The van der Waals surface area contributed by atoms with Crippen molar-refractivity contribution in [3.05, 3.63) is 53.1 Å². The number of rotatable bonds is 6. The quantitative estimate of drug-likeness (QED) is 0.554. The summed E-state index contributed by atoms with van der Waals surface area (Å²) in [5.41, 5.74) is 4.67. The number of ether oxygens (including phenoxy) is 2. The van der Waals surface area contributed by atoms with Crippen LogP contribution in [-0.2, 0) is 19.5 Å². The van der Waals surface area contributed by atoms with Crippen LogP contribution < -0.4 is 14.1 Å². The zero-order valence-corrected chi connectivity index (χ0v) is 22.9. The van der Waals surface area contributed by atoms with Crippen LogP contribution in [0.15, 0.2) is 36.4 Å². The predicted octanol–water partition coefficient (Wildman–Crippen LogP) is 2.78. The lowest BCUT2D eigenvalue weighted by molar-refractivity contribution is 0.0747. The summed E-state index contributed by atoms with van der Waals surface area (Å²) in [6.45, 7) is 7.32. The first-order valence-electron chi connectivity index (χ1n) is 12.9. The molecule has 3 aliphatic heterocycles. The Morgan fingerprint density at radius 3 is 2.45 bits per heavy atom. The summed E-state index contributed by atoms with van der Waals surface area (Å²) >= 11 is 0. The first-order valence-corrected chi connectivity index (χ1v) is 14.5. The molecule has 0 unspecified atom stereocenters. The fraction of sp³-hybridized carbons (Fsp3) is 0.481. The van der Waals surface area contributed by atoms with Gasteiger partial charge in [0.05, 0.1) is 29.7 Å². The molecule has 0 aromatic heterocycles. The Balaban J connectivity index is 1.42. The zero-order chi connectivity index (χ0) is 27.0. The van der Waals surface area contributed by atoms with Crippen molar-refractivity contribution in [3.8, 4) is 0 Å². The van der Waals surface area contributed by atoms with Gasteiger partial charge in [0.15, 0.2) is 0 Å². The van der Waals surface area contributed by atoms with E-state index < -0.39 is 16.1 Å². The molecular weight excluding hydrogens is 508 g/mol. The van der Waals surface area contributed by atoms with Gasteiger partial charge in [0.1, 0.15) is 6.61 Å². The number of carbonyl (C=O) groups is 2. The van der Waals surface area contributed by atoms with Gasteiger partial charge in [-0.3, -0.25) is 14.0 Å². The van der Waals surface area contributed by atoms with E-state index in [1.165, 1.54) is 26.0 Å². The monoisotopic (exact) mass is 542 g/mol. The van der Waals surface area contributed by atoms with Crippen LogP contribution in [0.2, 0.25) is 0 Å². The molecule has 5 rings (SSSR count). The number of hydrogen-bond acceptors (Lipinski definition) is 7. The fourth-order valence-electron chi connectivity index (χ4n) is 5.54. The molecule has 0 saturated carbocycles. The summed E-state index contributed by atoms with van der Waals surface area (Å²) in [4.78, 5) is 31.8. The van der Waals surface area contributed by atoms with Gasteiger partial charge in [0.25, 0.3) is 5.91 Å². The Hall–Kier alpha value is -3.31. The number of methoxy groups -OCH3 is 1. The number of benzene rings is 2. The third-order valence-corrected chi connectivity index (χ3v) is 9.29. The number of sulfonamides is 1. The molecule has 3 saturated heterocycles. The average Bonchev–Trinajstić information content (AvgIpc) is 3.44. The Bertz CT molecular complexity index is 1340. The number of nitrogens with zero attached hydrogens (tertiary/aromatic N) is 4. The SMILES string of the molecule is COC[C@@H]1COC(=O)N1c1ccc(C(=O)N2CCN(c3ccc(C)cc3C)CC2)c(N2CCCS2(=O)=O)c1. The molecule has 38 heavy (non-hydrogen) atoms. The summed E-state index contributed by atoms with van der Waals surface area (Å²) in [7, 11) is -2.02. The molecule has 0 bridgehead atoms. The normalized spacial score (nSPS) is 21.2. The molecule has 0 spiro atoms. The van der Waals surface area contributed by atoms with Gasteiger partial charge in [0, 0.05) is 51.2 Å². The lowest BCUT2D eigenvalue weighted by atomic mass is 10.1. The lowest BCUT2D eigenvalue weighted by Crippen LogP contribution is -2.49. The molecule has 0 N–H and O–H groups in total. The maximum Gasteiger partial charge on any atom is 0.414 e. The first kappa shape index (κ1) is 26.3. The molecule has 0 radical (unpaired) electrons. The van der Waals surface area contributed by atoms with E-state index in [1.54, 1.807) is 30.2 Å². The van der Waals surface area contributed by atoms with Crippen molar-refractivity contribution in [2.45, 2.75) is 26.3 Å². The topological polar surface area (TPSA) is 99.7 Å². The summed E-state index contributed by atoms with van der Waals surface area (Å²) in [6.07, 6.45) is -0.0452. The van der Waals surface area contributed by atoms with Gasteiger partial charge in [0.2, 0.25) is 10.0 Å². The number of cyclic esters (lactones) is 1. The second kappa shape index (κ2) is 10.5. The van der Waals surface area contributed by atoms with E-state index in [4.69, 9.17) is 9.47 Å². The van der Waals surface area contributed by atoms with E-state index in [1.807, 2.05) is 0 Å². The van der Waals surface area contributed by atoms with Crippen molar-refractivity contribution in [3.63, 3.8) is 0 Å². The van der Waals surface area contributed by atoms with Crippen molar-refractivity contribution in [1.29, 1.82) is 0 Å². The summed E-state index contributed by atoms with van der Waals surface area (Å²) in [6, 6.07) is 11.0. The molecule has 3 aliphatic rings. The number of anilines is 3. The Morgan fingerprint density at radius 1 is 1.03 bits per heavy atom. The van der Waals surface area contributed by atoms with Crippen LogP contribution in [0.1, 0.15) is 27.9 Å². The van der Waals surface area contributed by atoms with Gasteiger partial charge in [-0.05, 0) is 50.1 Å². The van der Waals surface area contributed by atoms with Crippen molar-refractivity contribution >= 4 is 39.1 Å². The maximum atomic E-state index is 13.8. The Kier molecular flexibility index (Phi) is 7.23. The van der Waals surface area contributed by atoms with Crippen molar-refractivity contribution < 1.29 is 27.5 Å². The van der Waals surface area contributed by atoms with Gasteiger partial charge in [-0.25, -0.2) is 13.2 Å². The third kappa shape index (κ3) is 4.92. The molecule has 2 amide bonds. The minimum Gasteiger partial charge on any atom is -0.447 e. The first-order chi connectivity index (χ1) is 18.2. The van der Waals surface area contributed by atoms with Crippen LogP contribution >= 0.6 is 0 Å². The fourth-order valence-corrected chi connectivity index (χ4v) is 7.11. The third-order valence-electron chi connectivity index (χ3n) is 7.44. The number of hydrogen-bond donors (Lipinski definition) is 0. The molecule has 1 atom stereocenters. The van der Waals surface area contributed by atoms with Gasteiger partial charge in [-0.2, -0.15) is 0 Å². The highest BCUT2D eigenvalue weighted by Crippen LogP contribution is 2.35.